The van der Waals surface area contributed by atoms with Crippen molar-refractivity contribution in [3.63, 3.8) is 0 Å². The average Bonchev–Trinajstić information content (AvgIpc) is 2.71. The summed E-state index contributed by atoms with van der Waals surface area (Å²) in [4.78, 5) is 12.5. The van der Waals surface area contributed by atoms with E-state index in [0.29, 0.717) is 17.3 Å². The van der Waals surface area contributed by atoms with E-state index in [-0.39, 0.29) is 16.1 Å². The summed E-state index contributed by atoms with van der Waals surface area (Å²) < 4.78 is 67.6. The molecule has 3 aromatic rings. The lowest BCUT2D eigenvalue weighted by Gasteiger charge is -2.14. The first-order valence-electron chi connectivity index (χ1n) is 9.67. The third-order valence-electron chi connectivity index (χ3n) is 5.03. The van der Waals surface area contributed by atoms with Gasteiger partial charge in [0.05, 0.1) is 15.5 Å². The second-order valence-corrected chi connectivity index (χ2v) is 9.59. The zero-order valence-electron chi connectivity index (χ0n) is 17.8. The van der Waals surface area contributed by atoms with E-state index in [1.165, 1.54) is 24.3 Å². The molecule has 3 rings (SSSR count). The normalized spacial score (nSPS) is 11.8. The first kappa shape index (κ1) is 24.6. The largest absolute Gasteiger partial charge is 0.417 e. The minimum atomic E-state index is -4.69. The number of carbonyl (C=O) groups excluding carboxylic acids is 1. The number of amides is 1. The van der Waals surface area contributed by atoms with Crippen molar-refractivity contribution in [1.29, 1.82) is 0 Å². The van der Waals surface area contributed by atoms with E-state index in [2.05, 4.69) is 10.0 Å². The van der Waals surface area contributed by atoms with Crippen LogP contribution >= 0.6 is 11.6 Å². The summed E-state index contributed by atoms with van der Waals surface area (Å²) in [5.41, 5.74) is 1.41. The van der Waals surface area contributed by atoms with Crippen molar-refractivity contribution in [2.75, 3.05) is 10.0 Å². The highest BCUT2D eigenvalue weighted by Gasteiger charge is 2.33. The van der Waals surface area contributed by atoms with Crippen LogP contribution in [0.3, 0.4) is 0 Å². The summed E-state index contributed by atoms with van der Waals surface area (Å²) in [6.45, 7) is 5.33. The number of hydrogen-bond donors (Lipinski definition) is 2. The fourth-order valence-electron chi connectivity index (χ4n) is 3.07. The van der Waals surface area contributed by atoms with Gasteiger partial charge in [0, 0.05) is 16.9 Å². The maximum absolute atomic E-state index is 13.1. The predicted octanol–water partition coefficient (Wildman–Crippen LogP) is 6.34. The molecule has 10 heteroatoms. The minimum absolute atomic E-state index is 0.0374. The Morgan fingerprint density at radius 2 is 1.48 bits per heavy atom. The molecule has 0 aliphatic rings. The molecular weight excluding hydrogens is 477 g/mol. The van der Waals surface area contributed by atoms with Crippen molar-refractivity contribution in [2.45, 2.75) is 31.8 Å². The van der Waals surface area contributed by atoms with E-state index >= 15 is 0 Å². The first-order chi connectivity index (χ1) is 15.3. The molecule has 0 aliphatic carbocycles. The fourth-order valence-corrected chi connectivity index (χ4v) is 4.62. The van der Waals surface area contributed by atoms with E-state index in [1.807, 2.05) is 13.8 Å². The second kappa shape index (κ2) is 9.07. The number of aryl methyl sites for hydroxylation is 3. The highest BCUT2D eigenvalue weighted by Crippen LogP contribution is 2.36. The molecule has 0 spiro atoms. The molecular formula is C23H20ClF3N2O3S. The summed E-state index contributed by atoms with van der Waals surface area (Å²) in [7, 11) is -4.03. The zero-order chi connectivity index (χ0) is 24.6. The Kier molecular flexibility index (Phi) is 6.76. The number of carbonyl (C=O) groups is 1. The van der Waals surface area contributed by atoms with Crippen LogP contribution in [-0.2, 0) is 16.2 Å². The number of halogens is 4. The quantitative estimate of drug-likeness (QED) is 0.433. The van der Waals surface area contributed by atoms with Crippen molar-refractivity contribution < 1.29 is 26.4 Å². The maximum atomic E-state index is 13.1. The van der Waals surface area contributed by atoms with Gasteiger partial charge in [-0.1, -0.05) is 23.7 Å². The molecule has 0 saturated heterocycles. The van der Waals surface area contributed by atoms with Crippen LogP contribution in [-0.4, -0.2) is 14.3 Å². The van der Waals surface area contributed by atoms with Gasteiger partial charge in [0.2, 0.25) is 0 Å². The van der Waals surface area contributed by atoms with Crippen LogP contribution < -0.4 is 10.0 Å². The summed E-state index contributed by atoms with van der Waals surface area (Å²) in [6.07, 6.45) is -4.69. The smallest absolute Gasteiger partial charge is 0.322 e. The van der Waals surface area contributed by atoms with Gasteiger partial charge in [-0.25, -0.2) is 8.42 Å². The van der Waals surface area contributed by atoms with Crippen molar-refractivity contribution in [3.05, 3.63) is 87.4 Å². The predicted molar refractivity (Wildman–Crippen MR) is 122 cm³/mol. The van der Waals surface area contributed by atoms with Gasteiger partial charge in [-0.05, 0) is 79.9 Å². The SMILES string of the molecule is Cc1ccc(NS(=O)(=O)c2cc(C(=O)Nc3ccc(Cl)c(C(F)(F)F)c3)ccc2C)cc1C. The highest BCUT2D eigenvalue weighted by molar-refractivity contribution is 7.92. The molecule has 0 bridgehead atoms. The fraction of sp³-hybridized carbons (Fsp3) is 0.174. The van der Waals surface area contributed by atoms with Gasteiger partial charge in [0.25, 0.3) is 15.9 Å². The number of benzene rings is 3. The Hall–Kier alpha value is -3.04. The molecule has 0 fully saturated rings. The van der Waals surface area contributed by atoms with Crippen molar-refractivity contribution in [2.24, 2.45) is 0 Å². The van der Waals surface area contributed by atoms with Crippen molar-refractivity contribution in [3.8, 4) is 0 Å². The van der Waals surface area contributed by atoms with E-state index in [9.17, 15) is 26.4 Å². The van der Waals surface area contributed by atoms with E-state index < -0.39 is 32.7 Å². The number of nitrogens with one attached hydrogen (secondary N) is 2. The van der Waals surface area contributed by atoms with Crippen LogP contribution in [0.4, 0.5) is 24.5 Å². The molecule has 5 nitrogen and oxygen atoms in total. The number of sulfonamides is 1. The van der Waals surface area contributed by atoms with Gasteiger partial charge in [-0.15, -0.1) is 0 Å². The Morgan fingerprint density at radius 3 is 2.12 bits per heavy atom. The van der Waals surface area contributed by atoms with Crippen LogP contribution in [0.25, 0.3) is 0 Å². The Morgan fingerprint density at radius 1 is 0.848 bits per heavy atom. The lowest BCUT2D eigenvalue weighted by Crippen LogP contribution is -2.17. The van der Waals surface area contributed by atoms with Gasteiger partial charge >= 0.3 is 6.18 Å². The summed E-state index contributed by atoms with van der Waals surface area (Å²) in [6, 6.07) is 12.1. The summed E-state index contributed by atoms with van der Waals surface area (Å²) in [5, 5.41) is 1.85. The average molecular weight is 497 g/mol. The van der Waals surface area contributed by atoms with Crippen LogP contribution in [0.1, 0.15) is 32.6 Å². The minimum Gasteiger partial charge on any atom is -0.322 e. The monoisotopic (exact) mass is 496 g/mol. The van der Waals surface area contributed by atoms with Crippen LogP contribution in [0.15, 0.2) is 59.5 Å². The van der Waals surface area contributed by atoms with Crippen molar-refractivity contribution in [1.82, 2.24) is 0 Å². The molecule has 1 amide bonds. The first-order valence-corrected chi connectivity index (χ1v) is 11.5. The van der Waals surface area contributed by atoms with Gasteiger partial charge in [0.15, 0.2) is 0 Å². The van der Waals surface area contributed by atoms with Gasteiger partial charge in [-0.2, -0.15) is 13.2 Å². The molecule has 174 valence electrons. The Balaban J connectivity index is 1.89. The maximum Gasteiger partial charge on any atom is 0.417 e. The summed E-state index contributed by atoms with van der Waals surface area (Å²) >= 11 is 5.60. The second-order valence-electron chi connectivity index (χ2n) is 7.53. The Labute approximate surface area is 194 Å². The van der Waals surface area contributed by atoms with Gasteiger partial charge < -0.3 is 5.32 Å². The molecule has 0 saturated carbocycles. The van der Waals surface area contributed by atoms with E-state index in [1.54, 1.807) is 25.1 Å². The van der Waals surface area contributed by atoms with E-state index in [4.69, 9.17) is 11.6 Å². The number of rotatable bonds is 5. The highest BCUT2D eigenvalue weighted by atomic mass is 35.5. The molecule has 0 aromatic heterocycles. The molecule has 0 radical (unpaired) electrons. The number of anilines is 2. The van der Waals surface area contributed by atoms with E-state index in [0.717, 1.165) is 17.2 Å². The molecule has 0 unspecified atom stereocenters. The van der Waals surface area contributed by atoms with Gasteiger partial charge in [0.1, 0.15) is 0 Å². The molecule has 2 N–H and O–H groups in total. The zero-order valence-corrected chi connectivity index (χ0v) is 19.4. The van der Waals surface area contributed by atoms with Crippen molar-refractivity contribution >= 4 is 38.9 Å². The molecule has 0 heterocycles. The third kappa shape index (κ3) is 5.66. The lowest BCUT2D eigenvalue weighted by molar-refractivity contribution is -0.137. The summed E-state index contributed by atoms with van der Waals surface area (Å²) in [5.74, 6) is -0.770. The number of alkyl halides is 3. The number of hydrogen-bond acceptors (Lipinski definition) is 3. The molecule has 3 aromatic carbocycles. The van der Waals surface area contributed by atoms with Crippen LogP contribution in [0.2, 0.25) is 5.02 Å². The van der Waals surface area contributed by atoms with Crippen LogP contribution in [0.5, 0.6) is 0 Å². The lowest BCUT2D eigenvalue weighted by atomic mass is 10.1. The standard InChI is InChI=1S/C23H20ClF3N2O3S/c1-13-5-7-18(10-15(13)3)29-33(31,32)21-11-16(6-4-14(21)2)22(30)28-17-8-9-20(24)19(12-17)23(25,26)27/h4-12,29H,1-3H3,(H,28,30). The molecule has 0 aliphatic heterocycles. The molecule has 33 heavy (non-hydrogen) atoms. The Bertz CT molecular complexity index is 1340. The third-order valence-corrected chi connectivity index (χ3v) is 6.88. The van der Waals surface area contributed by atoms with Crippen LogP contribution in [0, 0.1) is 20.8 Å². The molecule has 0 atom stereocenters. The van der Waals surface area contributed by atoms with Gasteiger partial charge in [-0.3, -0.25) is 9.52 Å². The topological polar surface area (TPSA) is 75.3 Å².